The third-order valence-corrected chi connectivity index (χ3v) is 5.99. The molecule has 0 saturated carbocycles. The Morgan fingerprint density at radius 3 is 2.66 bits per heavy atom. The van der Waals surface area contributed by atoms with Crippen LogP contribution in [0.3, 0.4) is 0 Å². The second-order valence-electron chi connectivity index (χ2n) is 9.13. The first-order valence-electron chi connectivity index (χ1n) is 12.3. The zero-order chi connectivity index (χ0) is 24.6. The quantitative estimate of drug-likeness (QED) is 0.184. The molecule has 0 N–H and O–H groups in total. The second kappa shape index (κ2) is 11.7. The summed E-state index contributed by atoms with van der Waals surface area (Å²) in [5, 5.41) is 9.30. The molecule has 0 aliphatic carbocycles. The van der Waals surface area contributed by atoms with E-state index in [1.807, 2.05) is 29.1 Å². The zero-order valence-electron chi connectivity index (χ0n) is 20.7. The van der Waals surface area contributed by atoms with Crippen LogP contribution in [0.2, 0.25) is 0 Å². The summed E-state index contributed by atoms with van der Waals surface area (Å²) in [5.41, 5.74) is 3.37. The molecule has 184 valence electrons. The Balaban J connectivity index is 1.16. The summed E-state index contributed by atoms with van der Waals surface area (Å²) in [4.78, 5) is 11.7. The molecule has 4 rings (SSSR count). The van der Waals surface area contributed by atoms with E-state index in [0.29, 0.717) is 30.5 Å². The minimum absolute atomic E-state index is 0.393. The van der Waals surface area contributed by atoms with Crippen LogP contribution in [-0.2, 0) is 13.2 Å². The van der Waals surface area contributed by atoms with Gasteiger partial charge < -0.3 is 13.9 Å². The number of aryl methyl sites for hydroxylation is 2. The summed E-state index contributed by atoms with van der Waals surface area (Å²) in [6, 6.07) is 15.2. The fourth-order valence-corrected chi connectivity index (χ4v) is 3.91. The molecule has 2 aromatic carbocycles. The van der Waals surface area contributed by atoms with Gasteiger partial charge in [0.2, 0.25) is 0 Å². The number of unbranched alkanes of at least 4 members (excludes halogenated alkanes) is 3. The molecule has 0 spiro atoms. The molecule has 0 saturated heterocycles. The first kappa shape index (κ1) is 24.5. The van der Waals surface area contributed by atoms with E-state index in [-0.39, 0.29) is 0 Å². The van der Waals surface area contributed by atoms with E-state index in [9.17, 15) is 4.79 Å². The number of benzene rings is 2. The van der Waals surface area contributed by atoms with Crippen molar-refractivity contribution in [3.8, 4) is 11.5 Å². The van der Waals surface area contributed by atoms with Crippen molar-refractivity contribution in [3.63, 3.8) is 0 Å². The molecule has 2 heterocycles. The van der Waals surface area contributed by atoms with E-state index in [0.717, 1.165) is 54.6 Å². The summed E-state index contributed by atoms with van der Waals surface area (Å²) < 4.78 is 19.0. The molecular weight excluding hydrogens is 442 g/mol. The van der Waals surface area contributed by atoms with Crippen LogP contribution in [0.4, 0.5) is 0 Å². The van der Waals surface area contributed by atoms with Crippen LogP contribution >= 0.6 is 0 Å². The number of para-hydroxylation sites is 1. The van der Waals surface area contributed by atoms with Gasteiger partial charge in [0.05, 0.1) is 24.3 Å². The van der Waals surface area contributed by atoms with E-state index in [2.05, 4.69) is 49.3 Å². The van der Waals surface area contributed by atoms with Gasteiger partial charge in [-0.3, -0.25) is 4.68 Å². The van der Waals surface area contributed by atoms with Gasteiger partial charge in [-0.15, -0.1) is 5.10 Å². The Labute approximate surface area is 205 Å². The van der Waals surface area contributed by atoms with Crippen molar-refractivity contribution in [2.45, 2.75) is 65.5 Å². The summed E-state index contributed by atoms with van der Waals surface area (Å²) in [7, 11) is 0. The number of nitrogens with zero attached hydrogens (tertiary/aromatic N) is 3. The zero-order valence-corrected chi connectivity index (χ0v) is 20.7. The van der Waals surface area contributed by atoms with E-state index >= 15 is 0 Å². The lowest BCUT2D eigenvalue weighted by atomic mass is 10.0. The molecule has 7 nitrogen and oxygen atoms in total. The first-order valence-corrected chi connectivity index (χ1v) is 12.3. The highest BCUT2D eigenvalue weighted by atomic mass is 16.5. The Morgan fingerprint density at radius 2 is 1.80 bits per heavy atom. The van der Waals surface area contributed by atoms with Gasteiger partial charge in [-0.1, -0.05) is 49.7 Å². The van der Waals surface area contributed by atoms with Crippen molar-refractivity contribution in [2.75, 3.05) is 6.61 Å². The van der Waals surface area contributed by atoms with Crippen LogP contribution < -0.4 is 15.1 Å². The average molecular weight is 476 g/mol. The third kappa shape index (κ3) is 6.72. The van der Waals surface area contributed by atoms with Gasteiger partial charge in [-0.05, 0) is 61.4 Å². The Kier molecular flexibility index (Phi) is 8.19. The normalized spacial score (nSPS) is 11.3. The highest BCUT2D eigenvalue weighted by molar-refractivity contribution is 5.82. The van der Waals surface area contributed by atoms with Crippen LogP contribution in [0.5, 0.6) is 11.5 Å². The monoisotopic (exact) mass is 475 g/mol. The van der Waals surface area contributed by atoms with Crippen LogP contribution in [0.15, 0.2) is 63.9 Å². The minimum Gasteiger partial charge on any atom is -0.493 e. The predicted molar refractivity (Wildman–Crippen MR) is 136 cm³/mol. The maximum atomic E-state index is 11.7. The van der Waals surface area contributed by atoms with Crippen molar-refractivity contribution in [1.29, 1.82) is 0 Å². The maximum absolute atomic E-state index is 11.7. The topological polar surface area (TPSA) is 79.4 Å². The molecule has 7 heteroatoms. The van der Waals surface area contributed by atoms with E-state index < -0.39 is 5.63 Å². The predicted octanol–water partition coefficient (Wildman–Crippen LogP) is 6.03. The Morgan fingerprint density at radius 1 is 0.971 bits per heavy atom. The molecule has 0 atom stereocenters. The number of fused-ring (bicyclic) bond motifs is 1. The summed E-state index contributed by atoms with van der Waals surface area (Å²) in [6.07, 6.45) is 5.98. The van der Waals surface area contributed by atoms with Gasteiger partial charge in [0.1, 0.15) is 29.4 Å². The molecule has 0 aliphatic rings. The smallest absolute Gasteiger partial charge is 0.339 e. The van der Waals surface area contributed by atoms with Gasteiger partial charge in [-0.2, -0.15) is 0 Å². The van der Waals surface area contributed by atoms with Gasteiger partial charge >= 0.3 is 5.63 Å². The number of rotatable bonds is 12. The number of hydrogen-bond donors (Lipinski definition) is 0. The van der Waals surface area contributed by atoms with Crippen molar-refractivity contribution in [2.24, 2.45) is 0 Å². The second-order valence-corrected chi connectivity index (χ2v) is 9.13. The van der Waals surface area contributed by atoms with Gasteiger partial charge in [0, 0.05) is 6.54 Å². The van der Waals surface area contributed by atoms with Crippen molar-refractivity contribution < 1.29 is 13.9 Å². The average Bonchev–Trinajstić information content (AvgIpc) is 3.30. The minimum atomic E-state index is -0.393. The van der Waals surface area contributed by atoms with Gasteiger partial charge in [0.15, 0.2) is 0 Å². The first-order chi connectivity index (χ1) is 17.0. The lowest BCUT2D eigenvalue weighted by molar-refractivity contribution is 0.298. The molecule has 35 heavy (non-hydrogen) atoms. The van der Waals surface area contributed by atoms with Crippen molar-refractivity contribution >= 4 is 11.0 Å². The SMILES string of the molecule is Cc1ccc(C(C)C)cc1OCc1cn(CCCCCCOc2cc(=O)oc3ccccc23)nn1. The molecule has 0 radical (unpaired) electrons. The van der Waals surface area contributed by atoms with Gasteiger partial charge in [-0.25, -0.2) is 4.79 Å². The Hall–Kier alpha value is -3.61. The van der Waals surface area contributed by atoms with Crippen LogP contribution in [0.25, 0.3) is 11.0 Å². The van der Waals surface area contributed by atoms with Crippen LogP contribution in [-0.4, -0.2) is 21.6 Å². The van der Waals surface area contributed by atoms with E-state index in [1.54, 1.807) is 6.07 Å². The molecule has 2 aromatic heterocycles. The third-order valence-electron chi connectivity index (χ3n) is 5.99. The molecule has 0 fully saturated rings. The Bertz CT molecular complexity index is 1310. The largest absolute Gasteiger partial charge is 0.493 e. The molecule has 0 amide bonds. The molecule has 0 bridgehead atoms. The maximum Gasteiger partial charge on any atom is 0.339 e. The van der Waals surface area contributed by atoms with Crippen LogP contribution in [0, 0.1) is 6.92 Å². The molecular formula is C28H33N3O4. The fraction of sp³-hybridized carbons (Fsp3) is 0.393. The highest BCUT2D eigenvalue weighted by Crippen LogP contribution is 2.25. The fourth-order valence-electron chi connectivity index (χ4n) is 3.91. The van der Waals surface area contributed by atoms with Gasteiger partial charge in [0.25, 0.3) is 0 Å². The molecule has 4 aromatic rings. The summed E-state index contributed by atoms with van der Waals surface area (Å²) >= 11 is 0. The summed E-state index contributed by atoms with van der Waals surface area (Å²) in [6.45, 7) is 8.21. The van der Waals surface area contributed by atoms with Crippen LogP contribution in [0.1, 0.15) is 62.3 Å². The van der Waals surface area contributed by atoms with E-state index in [4.69, 9.17) is 13.9 Å². The molecule has 0 unspecified atom stereocenters. The van der Waals surface area contributed by atoms with Crippen molar-refractivity contribution in [3.05, 3.63) is 82.0 Å². The summed E-state index contributed by atoms with van der Waals surface area (Å²) in [5.74, 6) is 1.95. The lowest BCUT2D eigenvalue weighted by Crippen LogP contribution is -2.03. The van der Waals surface area contributed by atoms with E-state index in [1.165, 1.54) is 11.6 Å². The number of hydrogen-bond acceptors (Lipinski definition) is 6. The van der Waals surface area contributed by atoms with Crippen molar-refractivity contribution in [1.82, 2.24) is 15.0 Å². The molecule has 0 aliphatic heterocycles. The standard InChI is InChI=1S/C28H33N3O4/c1-20(2)22-13-12-21(3)26(16-22)34-19-23-18-31(30-29-23)14-8-4-5-9-15-33-27-17-28(32)35-25-11-7-6-10-24(25)27/h6-7,10-13,16-18,20H,4-5,8-9,14-15,19H2,1-3H3. The number of ether oxygens (including phenoxy) is 2. The highest BCUT2D eigenvalue weighted by Gasteiger charge is 2.08. The number of aromatic nitrogens is 3. The lowest BCUT2D eigenvalue weighted by Gasteiger charge is -2.11.